The summed E-state index contributed by atoms with van der Waals surface area (Å²) in [7, 11) is 0. The second kappa shape index (κ2) is 7.67. The lowest BCUT2D eigenvalue weighted by Gasteiger charge is -2.35. The second-order valence-electron chi connectivity index (χ2n) is 6.31. The lowest BCUT2D eigenvalue weighted by atomic mass is 9.98. The zero-order valence-corrected chi connectivity index (χ0v) is 14.9. The van der Waals surface area contributed by atoms with Crippen LogP contribution in [0.5, 0.6) is 0 Å². The molecule has 1 aromatic carbocycles. The first-order valence-corrected chi connectivity index (χ1v) is 8.63. The molecular formula is C17H24Cl2N2O. The molecule has 1 aliphatic heterocycles. The molecule has 0 aromatic heterocycles. The van der Waals surface area contributed by atoms with Crippen LogP contribution < -0.4 is 5.32 Å². The van der Waals surface area contributed by atoms with Crippen LogP contribution in [0.2, 0.25) is 10.0 Å². The molecule has 0 bridgehead atoms. The number of piperidine rings is 1. The summed E-state index contributed by atoms with van der Waals surface area (Å²) in [5.41, 5.74) is 0.888. The molecule has 1 heterocycles. The smallest absolute Gasteiger partial charge is 0.237 e. The van der Waals surface area contributed by atoms with Crippen molar-refractivity contribution in [1.29, 1.82) is 0 Å². The minimum Gasteiger partial charge on any atom is -0.348 e. The summed E-state index contributed by atoms with van der Waals surface area (Å²) in [6, 6.07) is 5.11. The molecule has 2 rings (SSSR count). The minimum atomic E-state index is -0.137. The second-order valence-corrected chi connectivity index (χ2v) is 7.16. The number of likely N-dealkylation sites (tertiary alicyclic amines) is 1. The lowest BCUT2D eigenvalue weighted by molar-refractivity contribution is -0.127. The maximum Gasteiger partial charge on any atom is 0.237 e. The van der Waals surface area contributed by atoms with Gasteiger partial charge in [-0.15, -0.1) is 0 Å². The van der Waals surface area contributed by atoms with E-state index in [-0.39, 0.29) is 18.0 Å². The van der Waals surface area contributed by atoms with Crippen molar-refractivity contribution in [2.24, 2.45) is 5.92 Å². The number of nitrogens with one attached hydrogen (secondary N) is 1. The van der Waals surface area contributed by atoms with E-state index in [2.05, 4.69) is 17.1 Å². The van der Waals surface area contributed by atoms with E-state index in [4.69, 9.17) is 23.2 Å². The number of hydrogen-bond donors (Lipinski definition) is 1. The fourth-order valence-electron chi connectivity index (χ4n) is 3.01. The Kier molecular flexibility index (Phi) is 6.13. The molecular weight excluding hydrogens is 319 g/mol. The fraction of sp³-hybridized carbons (Fsp3) is 0.588. The third kappa shape index (κ3) is 4.37. The molecule has 1 aliphatic rings. The zero-order chi connectivity index (χ0) is 16.3. The first kappa shape index (κ1) is 17.6. The van der Waals surface area contributed by atoms with E-state index in [1.807, 2.05) is 19.9 Å². The highest BCUT2D eigenvalue weighted by molar-refractivity contribution is 6.35. The molecule has 5 heteroatoms. The maximum atomic E-state index is 12.5. The van der Waals surface area contributed by atoms with Crippen LogP contribution in [0.3, 0.4) is 0 Å². The molecule has 3 nitrogen and oxygen atoms in total. The number of carbonyl (C=O) groups excluding carboxylic acids is 1. The Morgan fingerprint density at radius 3 is 2.73 bits per heavy atom. The first-order chi connectivity index (χ1) is 10.4. The van der Waals surface area contributed by atoms with Gasteiger partial charge in [0.05, 0.1) is 12.1 Å². The van der Waals surface area contributed by atoms with E-state index >= 15 is 0 Å². The van der Waals surface area contributed by atoms with Crippen molar-refractivity contribution in [3.63, 3.8) is 0 Å². The monoisotopic (exact) mass is 342 g/mol. The highest BCUT2D eigenvalue weighted by atomic mass is 35.5. The van der Waals surface area contributed by atoms with Crippen LogP contribution in [0.15, 0.2) is 18.2 Å². The zero-order valence-electron chi connectivity index (χ0n) is 13.4. The summed E-state index contributed by atoms with van der Waals surface area (Å²) >= 11 is 12.1. The Balaban J connectivity index is 1.98. The number of amides is 1. The van der Waals surface area contributed by atoms with Crippen LogP contribution >= 0.6 is 23.2 Å². The molecule has 1 amide bonds. The SMILES string of the molecule is CC1CCCN(C(C)C(=O)NC(C)c2ccc(Cl)cc2Cl)C1. The number of rotatable bonds is 4. The van der Waals surface area contributed by atoms with Gasteiger partial charge in [0.2, 0.25) is 5.91 Å². The van der Waals surface area contributed by atoms with Gasteiger partial charge in [0, 0.05) is 16.6 Å². The molecule has 1 fully saturated rings. The molecule has 1 N–H and O–H groups in total. The van der Waals surface area contributed by atoms with E-state index in [0.717, 1.165) is 25.1 Å². The summed E-state index contributed by atoms with van der Waals surface area (Å²) < 4.78 is 0. The van der Waals surface area contributed by atoms with Crippen LogP contribution in [-0.2, 0) is 4.79 Å². The van der Waals surface area contributed by atoms with Crippen molar-refractivity contribution < 1.29 is 4.79 Å². The number of benzene rings is 1. The number of nitrogens with zero attached hydrogens (tertiary/aromatic N) is 1. The van der Waals surface area contributed by atoms with E-state index in [1.165, 1.54) is 6.42 Å². The highest BCUT2D eigenvalue weighted by Gasteiger charge is 2.26. The largest absolute Gasteiger partial charge is 0.348 e. The van der Waals surface area contributed by atoms with Crippen LogP contribution in [0.4, 0.5) is 0 Å². The fourth-order valence-corrected chi connectivity index (χ4v) is 3.58. The van der Waals surface area contributed by atoms with Gasteiger partial charge < -0.3 is 5.32 Å². The van der Waals surface area contributed by atoms with Gasteiger partial charge in [0.15, 0.2) is 0 Å². The standard InChI is InChI=1S/C17H24Cl2N2O/c1-11-5-4-8-21(10-11)13(3)17(22)20-12(2)15-7-6-14(18)9-16(15)19/h6-7,9,11-13H,4-5,8,10H2,1-3H3,(H,20,22). The van der Waals surface area contributed by atoms with E-state index in [0.29, 0.717) is 16.0 Å². The topological polar surface area (TPSA) is 32.3 Å². The van der Waals surface area contributed by atoms with Crippen LogP contribution in [0, 0.1) is 5.92 Å². The van der Waals surface area contributed by atoms with Crippen molar-refractivity contribution in [3.05, 3.63) is 33.8 Å². The van der Waals surface area contributed by atoms with Crippen LogP contribution in [0.25, 0.3) is 0 Å². The number of carbonyl (C=O) groups is 1. The van der Waals surface area contributed by atoms with Gasteiger partial charge in [-0.25, -0.2) is 0 Å². The summed E-state index contributed by atoms with van der Waals surface area (Å²) in [5.74, 6) is 0.708. The van der Waals surface area contributed by atoms with E-state index < -0.39 is 0 Å². The molecule has 0 spiro atoms. The summed E-state index contributed by atoms with van der Waals surface area (Å²) in [5, 5.41) is 4.24. The third-order valence-corrected chi connectivity index (χ3v) is 4.97. The maximum absolute atomic E-state index is 12.5. The molecule has 1 aromatic rings. The van der Waals surface area contributed by atoms with Gasteiger partial charge in [-0.05, 0) is 56.8 Å². The van der Waals surface area contributed by atoms with Crippen molar-refractivity contribution in [2.45, 2.75) is 45.7 Å². The quantitative estimate of drug-likeness (QED) is 0.884. The molecule has 122 valence electrons. The molecule has 1 saturated heterocycles. The van der Waals surface area contributed by atoms with Crippen LogP contribution in [-0.4, -0.2) is 29.9 Å². The summed E-state index contributed by atoms with van der Waals surface area (Å²) in [4.78, 5) is 14.8. The molecule has 0 saturated carbocycles. The van der Waals surface area contributed by atoms with Gasteiger partial charge in [-0.2, -0.15) is 0 Å². The Labute approximate surface area is 143 Å². The van der Waals surface area contributed by atoms with Crippen molar-refractivity contribution in [2.75, 3.05) is 13.1 Å². The minimum absolute atomic E-state index is 0.0487. The molecule has 22 heavy (non-hydrogen) atoms. The van der Waals surface area contributed by atoms with Gasteiger partial charge in [-0.3, -0.25) is 9.69 Å². The van der Waals surface area contributed by atoms with Crippen molar-refractivity contribution in [1.82, 2.24) is 10.2 Å². The highest BCUT2D eigenvalue weighted by Crippen LogP contribution is 2.26. The molecule has 3 atom stereocenters. The van der Waals surface area contributed by atoms with E-state index in [9.17, 15) is 4.79 Å². The van der Waals surface area contributed by atoms with Crippen molar-refractivity contribution >= 4 is 29.1 Å². The molecule has 3 unspecified atom stereocenters. The van der Waals surface area contributed by atoms with Gasteiger partial charge in [0.1, 0.15) is 0 Å². The van der Waals surface area contributed by atoms with Crippen LogP contribution in [0.1, 0.15) is 45.2 Å². The van der Waals surface area contributed by atoms with Gasteiger partial charge >= 0.3 is 0 Å². The number of hydrogen-bond acceptors (Lipinski definition) is 2. The number of halogens is 2. The van der Waals surface area contributed by atoms with Gasteiger partial charge in [-0.1, -0.05) is 36.2 Å². The lowest BCUT2D eigenvalue weighted by Crippen LogP contribution is -2.49. The Morgan fingerprint density at radius 1 is 1.36 bits per heavy atom. The summed E-state index contributed by atoms with van der Waals surface area (Å²) in [6.45, 7) is 8.15. The average molecular weight is 343 g/mol. The van der Waals surface area contributed by atoms with E-state index in [1.54, 1.807) is 12.1 Å². The summed E-state index contributed by atoms with van der Waals surface area (Å²) in [6.07, 6.45) is 2.42. The Hall–Kier alpha value is -0.770. The van der Waals surface area contributed by atoms with Crippen molar-refractivity contribution in [3.8, 4) is 0 Å². The predicted molar refractivity (Wildman–Crippen MR) is 92.5 cm³/mol. The Morgan fingerprint density at radius 2 is 2.09 bits per heavy atom. The predicted octanol–water partition coefficient (Wildman–Crippen LogP) is 4.29. The Bertz CT molecular complexity index is 535. The third-order valence-electron chi connectivity index (χ3n) is 4.40. The molecule has 0 radical (unpaired) electrons. The normalized spacial score (nSPS) is 22.1. The van der Waals surface area contributed by atoms with Gasteiger partial charge in [0.25, 0.3) is 0 Å². The molecule has 0 aliphatic carbocycles. The average Bonchev–Trinajstić information content (AvgIpc) is 2.46. The first-order valence-electron chi connectivity index (χ1n) is 7.88.